The lowest BCUT2D eigenvalue weighted by Crippen LogP contribution is -2.20. The van der Waals surface area contributed by atoms with E-state index in [2.05, 4.69) is 26.5 Å². The Morgan fingerprint density at radius 2 is 2.08 bits per heavy atom. The third-order valence-corrected chi connectivity index (χ3v) is 3.54. The van der Waals surface area contributed by atoms with E-state index in [1.54, 1.807) is 42.5 Å². The fourth-order valence-corrected chi connectivity index (χ4v) is 2.27. The molecule has 0 saturated heterocycles. The summed E-state index contributed by atoms with van der Waals surface area (Å²) in [5, 5.41) is 3.92. The van der Waals surface area contributed by atoms with Gasteiger partial charge in [-0.15, -0.1) is 0 Å². The Morgan fingerprint density at radius 3 is 2.80 bits per heavy atom. The highest BCUT2D eigenvalue weighted by Crippen LogP contribution is 2.21. The Hall–Kier alpha value is -2.87. The van der Waals surface area contributed by atoms with E-state index in [1.165, 1.54) is 13.3 Å². The van der Waals surface area contributed by atoms with Crippen LogP contribution in [0.5, 0.6) is 11.5 Å². The molecule has 2 rings (SSSR count). The van der Waals surface area contributed by atoms with Gasteiger partial charge in [0, 0.05) is 15.6 Å². The van der Waals surface area contributed by atoms with Gasteiger partial charge in [-0.2, -0.15) is 5.10 Å². The maximum atomic E-state index is 12.1. The second kappa shape index (κ2) is 8.84. The van der Waals surface area contributed by atoms with Crippen molar-refractivity contribution in [3.05, 3.63) is 58.1 Å². The van der Waals surface area contributed by atoms with Gasteiger partial charge in [-0.3, -0.25) is 9.59 Å². The zero-order chi connectivity index (χ0) is 18.2. The predicted octanol–water partition coefficient (Wildman–Crippen LogP) is 2.09. The van der Waals surface area contributed by atoms with Gasteiger partial charge in [-0.25, -0.2) is 5.43 Å². The minimum atomic E-state index is -0.586. The average molecular weight is 406 g/mol. The number of hydrazone groups is 1. The Labute approximate surface area is 152 Å². The number of nitrogens with one attached hydrogen (secondary N) is 1. The molecule has 0 fully saturated rings. The highest BCUT2D eigenvalue weighted by molar-refractivity contribution is 9.10. The molecule has 2 amide bonds. The number of hydrogen-bond acceptors (Lipinski definition) is 5. The van der Waals surface area contributed by atoms with Gasteiger partial charge in [0.2, 0.25) is 0 Å². The van der Waals surface area contributed by atoms with Crippen LogP contribution in [0.2, 0.25) is 0 Å². The lowest BCUT2D eigenvalue weighted by Gasteiger charge is -2.08. The van der Waals surface area contributed by atoms with Gasteiger partial charge in [0.1, 0.15) is 11.5 Å². The molecule has 0 spiro atoms. The van der Waals surface area contributed by atoms with Crippen molar-refractivity contribution in [3.63, 3.8) is 0 Å². The quantitative estimate of drug-likeness (QED) is 0.543. The van der Waals surface area contributed by atoms with Crippen LogP contribution in [0.25, 0.3) is 0 Å². The molecule has 25 heavy (non-hydrogen) atoms. The maximum absolute atomic E-state index is 12.1. The van der Waals surface area contributed by atoms with Gasteiger partial charge in [0.25, 0.3) is 11.8 Å². The minimum absolute atomic E-state index is 0.251. The number of halogens is 1. The van der Waals surface area contributed by atoms with E-state index in [-0.39, 0.29) is 12.5 Å². The number of primary amides is 1. The van der Waals surface area contributed by atoms with E-state index in [1.807, 2.05) is 0 Å². The molecule has 0 saturated carbocycles. The van der Waals surface area contributed by atoms with Gasteiger partial charge in [-0.1, -0.05) is 22.0 Å². The monoisotopic (exact) mass is 405 g/mol. The topological polar surface area (TPSA) is 103 Å². The molecule has 0 unspecified atom stereocenters. The number of carbonyl (C=O) groups is 2. The molecule has 7 nitrogen and oxygen atoms in total. The van der Waals surface area contributed by atoms with Gasteiger partial charge in [0.05, 0.1) is 13.3 Å². The maximum Gasteiger partial charge on any atom is 0.271 e. The zero-order valence-electron chi connectivity index (χ0n) is 13.4. The number of carbonyl (C=O) groups excluding carboxylic acids is 2. The molecule has 0 radical (unpaired) electrons. The van der Waals surface area contributed by atoms with Crippen LogP contribution in [-0.2, 0) is 4.79 Å². The first-order valence-electron chi connectivity index (χ1n) is 7.17. The molecule has 130 valence electrons. The van der Waals surface area contributed by atoms with Crippen LogP contribution in [0.3, 0.4) is 0 Å². The van der Waals surface area contributed by atoms with Crippen LogP contribution in [-0.4, -0.2) is 31.7 Å². The molecular weight excluding hydrogens is 390 g/mol. The summed E-state index contributed by atoms with van der Waals surface area (Å²) in [4.78, 5) is 22.9. The molecule has 3 N–H and O–H groups in total. The number of ether oxygens (including phenoxy) is 2. The van der Waals surface area contributed by atoms with Crippen molar-refractivity contribution >= 4 is 34.0 Å². The lowest BCUT2D eigenvalue weighted by atomic mass is 10.2. The predicted molar refractivity (Wildman–Crippen MR) is 96.9 cm³/mol. The van der Waals surface area contributed by atoms with Crippen LogP contribution in [0, 0.1) is 0 Å². The van der Waals surface area contributed by atoms with Crippen molar-refractivity contribution in [1.29, 1.82) is 0 Å². The molecule has 8 heteroatoms. The summed E-state index contributed by atoms with van der Waals surface area (Å²) in [6, 6.07) is 11.9. The highest BCUT2D eigenvalue weighted by atomic mass is 79.9. The van der Waals surface area contributed by atoms with Crippen molar-refractivity contribution < 1.29 is 19.1 Å². The van der Waals surface area contributed by atoms with E-state index in [0.29, 0.717) is 22.6 Å². The van der Waals surface area contributed by atoms with Crippen molar-refractivity contribution in [2.45, 2.75) is 0 Å². The molecule has 2 aromatic rings. The van der Waals surface area contributed by atoms with Gasteiger partial charge in [-0.05, 0) is 36.4 Å². The van der Waals surface area contributed by atoms with Crippen LogP contribution < -0.4 is 20.6 Å². The second-order valence-electron chi connectivity index (χ2n) is 4.87. The van der Waals surface area contributed by atoms with Crippen molar-refractivity contribution in [2.24, 2.45) is 10.8 Å². The summed E-state index contributed by atoms with van der Waals surface area (Å²) in [5.41, 5.74) is 8.48. The fraction of sp³-hybridized carbons (Fsp3) is 0.118. The van der Waals surface area contributed by atoms with Gasteiger partial charge < -0.3 is 15.2 Å². The molecule has 0 aliphatic carbocycles. The van der Waals surface area contributed by atoms with Gasteiger partial charge >= 0.3 is 0 Å². The summed E-state index contributed by atoms with van der Waals surface area (Å²) < 4.78 is 11.2. The first-order valence-corrected chi connectivity index (χ1v) is 7.97. The third kappa shape index (κ3) is 5.61. The van der Waals surface area contributed by atoms with Crippen molar-refractivity contribution in [3.8, 4) is 11.5 Å². The lowest BCUT2D eigenvalue weighted by molar-refractivity contribution is -0.119. The molecular formula is C17H16BrN3O4. The molecule has 0 aromatic heterocycles. The van der Waals surface area contributed by atoms with E-state index in [4.69, 9.17) is 15.2 Å². The van der Waals surface area contributed by atoms with Crippen molar-refractivity contribution in [1.82, 2.24) is 5.43 Å². The SMILES string of the molecule is COc1cccc(C(=O)N/N=C/c2cc(Br)ccc2OCC(N)=O)c1. The molecule has 2 aromatic carbocycles. The van der Waals surface area contributed by atoms with E-state index in [9.17, 15) is 9.59 Å². The number of amides is 2. The number of benzene rings is 2. The van der Waals surface area contributed by atoms with E-state index in [0.717, 1.165) is 4.47 Å². The van der Waals surface area contributed by atoms with E-state index < -0.39 is 5.91 Å². The number of nitrogens with zero attached hydrogens (tertiary/aromatic N) is 1. The van der Waals surface area contributed by atoms with Crippen LogP contribution in [0.1, 0.15) is 15.9 Å². The molecule has 0 bridgehead atoms. The number of hydrogen-bond donors (Lipinski definition) is 2. The second-order valence-corrected chi connectivity index (χ2v) is 5.78. The zero-order valence-corrected chi connectivity index (χ0v) is 14.9. The first kappa shape index (κ1) is 18.5. The molecule has 0 aliphatic rings. The van der Waals surface area contributed by atoms with E-state index >= 15 is 0 Å². The summed E-state index contributed by atoms with van der Waals surface area (Å²) in [5.74, 6) is 0.0222. The Kier molecular flexibility index (Phi) is 6.53. The summed E-state index contributed by atoms with van der Waals surface area (Å²) in [7, 11) is 1.52. The normalized spacial score (nSPS) is 10.5. The third-order valence-electron chi connectivity index (χ3n) is 3.04. The van der Waals surface area contributed by atoms with Gasteiger partial charge in [0.15, 0.2) is 6.61 Å². The smallest absolute Gasteiger partial charge is 0.271 e. The summed E-state index contributed by atoms with van der Waals surface area (Å²) in [6.45, 7) is -0.251. The minimum Gasteiger partial charge on any atom is -0.497 e. The standard InChI is InChI=1S/C17H16BrN3O4/c1-24-14-4-2-3-11(8-14)17(23)21-20-9-12-7-13(18)5-6-15(12)25-10-16(19)22/h2-9H,10H2,1H3,(H2,19,22)(H,21,23)/b20-9+. The molecule has 0 atom stereocenters. The summed E-state index contributed by atoms with van der Waals surface area (Å²) in [6.07, 6.45) is 1.42. The molecule has 0 aliphatic heterocycles. The number of methoxy groups -OCH3 is 1. The number of nitrogens with two attached hydrogens (primary N) is 1. The van der Waals surface area contributed by atoms with Crippen LogP contribution in [0.15, 0.2) is 52.0 Å². The summed E-state index contributed by atoms with van der Waals surface area (Å²) >= 11 is 3.34. The number of rotatable bonds is 7. The Morgan fingerprint density at radius 1 is 1.28 bits per heavy atom. The average Bonchev–Trinajstić information content (AvgIpc) is 2.60. The van der Waals surface area contributed by atoms with Crippen molar-refractivity contribution in [2.75, 3.05) is 13.7 Å². The molecule has 0 heterocycles. The Bertz CT molecular complexity index is 808. The van der Waals surface area contributed by atoms with Crippen LogP contribution >= 0.6 is 15.9 Å². The highest BCUT2D eigenvalue weighted by Gasteiger charge is 2.07. The largest absolute Gasteiger partial charge is 0.497 e. The first-order chi connectivity index (χ1) is 12.0. The fourth-order valence-electron chi connectivity index (χ4n) is 1.89. The Balaban J connectivity index is 2.09. The van der Waals surface area contributed by atoms with Crippen LogP contribution in [0.4, 0.5) is 0 Å².